The van der Waals surface area contributed by atoms with Gasteiger partial charge in [-0.15, -0.1) is 0 Å². The van der Waals surface area contributed by atoms with Gasteiger partial charge in [0.2, 0.25) is 0 Å². The summed E-state index contributed by atoms with van der Waals surface area (Å²) in [6.07, 6.45) is -0.848. The molecule has 0 radical (unpaired) electrons. The van der Waals surface area contributed by atoms with E-state index in [1.54, 1.807) is 0 Å². The first kappa shape index (κ1) is 9.23. The zero-order chi connectivity index (χ0) is 8.97. The van der Waals surface area contributed by atoms with Crippen LogP contribution in [0.3, 0.4) is 0 Å². The molecule has 2 nitrogen and oxygen atoms in total. The van der Waals surface area contributed by atoms with Crippen LogP contribution in [-0.2, 0) is 0 Å². The van der Waals surface area contributed by atoms with Crippen LogP contribution in [0.1, 0.15) is 25.0 Å². The Balaban J connectivity index is 2.71. The number of hydrogen-bond acceptors (Lipinski definition) is 2. The van der Waals surface area contributed by atoms with E-state index in [9.17, 15) is 10.2 Å². The number of benzene rings is 1. The molecule has 0 amide bonds. The maximum Gasteiger partial charge on any atom is 0.105 e. The first-order chi connectivity index (χ1) is 5.75. The molecule has 0 heterocycles. The Bertz CT molecular complexity index is 221. The Kier molecular flexibility index (Phi) is 3.26. The van der Waals surface area contributed by atoms with Gasteiger partial charge in [0.05, 0.1) is 6.10 Å². The van der Waals surface area contributed by atoms with E-state index in [4.69, 9.17) is 0 Å². The van der Waals surface area contributed by atoms with E-state index in [0.717, 1.165) is 5.56 Å². The fourth-order valence-electron chi connectivity index (χ4n) is 1.10. The van der Waals surface area contributed by atoms with Crippen molar-refractivity contribution in [3.8, 4) is 0 Å². The molecular weight excluding hydrogens is 152 g/mol. The van der Waals surface area contributed by atoms with Crippen LogP contribution in [0.2, 0.25) is 0 Å². The average Bonchev–Trinajstić information content (AvgIpc) is 2.17. The van der Waals surface area contributed by atoms with E-state index < -0.39 is 12.2 Å². The lowest BCUT2D eigenvalue weighted by molar-refractivity contribution is 0.0165. The molecule has 66 valence electrons. The minimum atomic E-state index is -0.754. The lowest BCUT2D eigenvalue weighted by atomic mass is 10.0. The van der Waals surface area contributed by atoms with Crippen molar-refractivity contribution in [3.05, 3.63) is 35.9 Å². The van der Waals surface area contributed by atoms with E-state index in [1.165, 1.54) is 0 Å². The van der Waals surface area contributed by atoms with Gasteiger partial charge in [-0.1, -0.05) is 37.3 Å². The second kappa shape index (κ2) is 4.24. The lowest BCUT2D eigenvalue weighted by Crippen LogP contribution is -2.16. The van der Waals surface area contributed by atoms with E-state index in [2.05, 4.69) is 0 Å². The summed E-state index contributed by atoms with van der Waals surface area (Å²) < 4.78 is 0. The third-order valence-corrected chi connectivity index (χ3v) is 1.92. The summed E-state index contributed by atoms with van der Waals surface area (Å²) in [5.41, 5.74) is 0.770. The van der Waals surface area contributed by atoms with Crippen LogP contribution in [0, 0.1) is 0 Å². The second-order valence-corrected chi connectivity index (χ2v) is 2.83. The van der Waals surface area contributed by atoms with Crippen molar-refractivity contribution < 1.29 is 10.2 Å². The molecule has 0 bridgehead atoms. The fourth-order valence-corrected chi connectivity index (χ4v) is 1.10. The van der Waals surface area contributed by atoms with Gasteiger partial charge in [-0.05, 0) is 12.0 Å². The molecule has 0 fully saturated rings. The third kappa shape index (κ3) is 2.06. The topological polar surface area (TPSA) is 40.5 Å². The van der Waals surface area contributed by atoms with Crippen LogP contribution in [0.4, 0.5) is 0 Å². The van der Waals surface area contributed by atoms with Crippen LogP contribution < -0.4 is 0 Å². The van der Waals surface area contributed by atoms with Crippen molar-refractivity contribution in [1.82, 2.24) is 0 Å². The minimum Gasteiger partial charge on any atom is -0.390 e. The van der Waals surface area contributed by atoms with Gasteiger partial charge in [0, 0.05) is 0 Å². The molecule has 0 saturated heterocycles. The van der Waals surface area contributed by atoms with Crippen molar-refractivity contribution in [2.45, 2.75) is 25.6 Å². The Morgan fingerprint density at radius 2 is 1.75 bits per heavy atom. The van der Waals surface area contributed by atoms with Gasteiger partial charge < -0.3 is 10.2 Å². The van der Waals surface area contributed by atoms with Gasteiger partial charge in [0.15, 0.2) is 0 Å². The van der Waals surface area contributed by atoms with Crippen LogP contribution >= 0.6 is 0 Å². The summed E-state index contributed by atoms with van der Waals surface area (Å²) >= 11 is 0. The molecule has 0 aromatic heterocycles. The summed E-state index contributed by atoms with van der Waals surface area (Å²) in [6.45, 7) is 1.84. The number of aliphatic hydroxyl groups is 2. The van der Waals surface area contributed by atoms with Gasteiger partial charge in [-0.25, -0.2) is 0 Å². The van der Waals surface area contributed by atoms with E-state index in [1.807, 2.05) is 37.3 Å². The predicted octanol–water partition coefficient (Wildman–Crippen LogP) is 1.49. The maximum atomic E-state index is 9.54. The highest BCUT2D eigenvalue weighted by molar-refractivity contribution is 5.18. The first-order valence-corrected chi connectivity index (χ1v) is 4.16. The van der Waals surface area contributed by atoms with Gasteiger partial charge >= 0.3 is 0 Å². The monoisotopic (exact) mass is 166 g/mol. The first-order valence-electron chi connectivity index (χ1n) is 4.16. The number of rotatable bonds is 3. The van der Waals surface area contributed by atoms with Crippen molar-refractivity contribution >= 4 is 0 Å². The molecule has 1 rings (SSSR count). The van der Waals surface area contributed by atoms with Crippen molar-refractivity contribution in [3.63, 3.8) is 0 Å². The van der Waals surface area contributed by atoms with Crippen molar-refractivity contribution in [1.29, 1.82) is 0 Å². The predicted molar refractivity (Wildman–Crippen MR) is 47.7 cm³/mol. The smallest absolute Gasteiger partial charge is 0.105 e. The van der Waals surface area contributed by atoms with Crippen molar-refractivity contribution in [2.24, 2.45) is 0 Å². The lowest BCUT2D eigenvalue weighted by Gasteiger charge is -2.15. The summed E-state index contributed by atoms with van der Waals surface area (Å²) in [7, 11) is 0. The maximum absolute atomic E-state index is 9.54. The van der Waals surface area contributed by atoms with Crippen LogP contribution in [0.5, 0.6) is 0 Å². The van der Waals surface area contributed by atoms with Crippen LogP contribution in [0.15, 0.2) is 30.3 Å². The summed E-state index contributed by atoms with van der Waals surface area (Å²) in [6, 6.07) is 9.20. The van der Waals surface area contributed by atoms with E-state index >= 15 is 0 Å². The Hall–Kier alpha value is -0.860. The molecule has 0 aliphatic rings. The fraction of sp³-hybridized carbons (Fsp3) is 0.400. The van der Waals surface area contributed by atoms with Gasteiger partial charge in [0.25, 0.3) is 0 Å². The zero-order valence-corrected chi connectivity index (χ0v) is 7.14. The third-order valence-electron chi connectivity index (χ3n) is 1.92. The minimum absolute atomic E-state index is 0.566. The average molecular weight is 166 g/mol. The molecule has 2 N–H and O–H groups in total. The van der Waals surface area contributed by atoms with Crippen LogP contribution in [0.25, 0.3) is 0 Å². The number of aliphatic hydroxyl groups excluding tert-OH is 2. The van der Waals surface area contributed by atoms with Gasteiger partial charge in [-0.2, -0.15) is 0 Å². The molecule has 1 unspecified atom stereocenters. The SMILES string of the molecule is CCC(O)[C@H](O)c1ccccc1. The molecule has 2 heteroatoms. The highest BCUT2D eigenvalue weighted by Gasteiger charge is 2.15. The molecule has 2 atom stereocenters. The molecular formula is C10H14O2. The normalized spacial score (nSPS) is 15.6. The van der Waals surface area contributed by atoms with E-state index in [0.29, 0.717) is 6.42 Å². The molecule has 12 heavy (non-hydrogen) atoms. The summed E-state index contributed by atoms with van der Waals surface area (Å²) in [4.78, 5) is 0. The van der Waals surface area contributed by atoms with Crippen molar-refractivity contribution in [2.75, 3.05) is 0 Å². The Labute approximate surface area is 72.5 Å². The molecule has 0 aliphatic carbocycles. The molecule has 1 aromatic rings. The number of hydrogen-bond donors (Lipinski definition) is 2. The molecule has 0 saturated carbocycles. The molecule has 0 spiro atoms. The standard InChI is InChI=1S/C10H14O2/c1-2-9(11)10(12)8-6-4-3-5-7-8/h3-7,9-12H,2H2,1H3/t9?,10-/m1/s1. The quantitative estimate of drug-likeness (QED) is 0.714. The second-order valence-electron chi connectivity index (χ2n) is 2.83. The van der Waals surface area contributed by atoms with Crippen LogP contribution in [-0.4, -0.2) is 16.3 Å². The van der Waals surface area contributed by atoms with Gasteiger partial charge in [0.1, 0.15) is 6.10 Å². The molecule has 0 aliphatic heterocycles. The summed E-state index contributed by atoms with van der Waals surface area (Å²) in [5, 5.41) is 18.9. The largest absolute Gasteiger partial charge is 0.390 e. The van der Waals surface area contributed by atoms with E-state index in [-0.39, 0.29) is 0 Å². The van der Waals surface area contributed by atoms with Gasteiger partial charge in [-0.3, -0.25) is 0 Å². The molecule has 1 aromatic carbocycles. The summed E-state index contributed by atoms with van der Waals surface area (Å²) in [5.74, 6) is 0. The highest BCUT2D eigenvalue weighted by atomic mass is 16.3. The zero-order valence-electron chi connectivity index (χ0n) is 7.14. The highest BCUT2D eigenvalue weighted by Crippen LogP contribution is 2.17. The Morgan fingerprint density at radius 1 is 1.17 bits per heavy atom. The Morgan fingerprint density at radius 3 is 2.25 bits per heavy atom.